The third kappa shape index (κ3) is 25.1. The number of nitrogens with zero attached hydrogens (tertiary/aromatic N) is 2. The van der Waals surface area contributed by atoms with Crippen molar-refractivity contribution in [2.75, 3.05) is 39.5 Å². The van der Waals surface area contributed by atoms with E-state index in [4.69, 9.17) is 14.9 Å². The topological polar surface area (TPSA) is 109 Å². The van der Waals surface area contributed by atoms with E-state index < -0.39 is 0 Å². The van der Waals surface area contributed by atoms with Crippen LogP contribution in [0, 0.1) is 0 Å². The maximum atomic E-state index is 9.52. The van der Waals surface area contributed by atoms with Crippen molar-refractivity contribution in [3.05, 3.63) is 71.8 Å². The predicted molar refractivity (Wildman–Crippen MR) is 127 cm³/mol. The lowest BCUT2D eigenvalue weighted by molar-refractivity contribution is 0.162. The summed E-state index contributed by atoms with van der Waals surface area (Å²) < 4.78 is 4.83. The lowest BCUT2D eigenvalue weighted by atomic mass is 10.1. The summed E-state index contributed by atoms with van der Waals surface area (Å²) in [6.45, 7) is 6.36. The first kappa shape index (κ1) is 31.3. The monoisotopic (exact) mass is 444 g/mol. The molecule has 0 unspecified atom stereocenters. The third-order valence-electron chi connectivity index (χ3n) is 3.52. The fourth-order valence-electron chi connectivity index (χ4n) is 2.10. The highest BCUT2D eigenvalue weighted by Gasteiger charge is 1.92. The zero-order chi connectivity index (χ0) is 24.1. The molecule has 2 rings (SSSR count). The largest absolute Gasteiger partial charge is 0.394 e. The predicted octanol–water partition coefficient (Wildman–Crippen LogP) is 3.73. The fraction of sp³-hybridized carbons (Fsp3) is 0.440. The van der Waals surface area contributed by atoms with Crippen LogP contribution in [0.4, 0.5) is 0 Å². The number of aliphatic hydroxyl groups is 2. The molecule has 2 N–H and O–H groups in total. The molecule has 0 fully saturated rings. The summed E-state index contributed by atoms with van der Waals surface area (Å²) in [6.07, 6.45) is 5.41. The van der Waals surface area contributed by atoms with E-state index in [9.17, 15) is 9.59 Å². The summed E-state index contributed by atoms with van der Waals surface area (Å²) in [4.78, 5) is 25.7. The van der Waals surface area contributed by atoms with E-state index in [1.807, 2.05) is 13.8 Å². The zero-order valence-electron chi connectivity index (χ0n) is 19.2. The molecule has 7 nitrogen and oxygen atoms in total. The molecule has 0 heterocycles. The molecule has 0 spiro atoms. The van der Waals surface area contributed by atoms with Crippen LogP contribution in [-0.2, 0) is 20.7 Å². The van der Waals surface area contributed by atoms with Gasteiger partial charge in [-0.3, -0.25) is 0 Å². The minimum Gasteiger partial charge on any atom is -0.394 e. The normalized spacial score (nSPS) is 8.62. The van der Waals surface area contributed by atoms with Crippen LogP contribution >= 0.6 is 0 Å². The molecule has 7 heteroatoms. The van der Waals surface area contributed by atoms with Gasteiger partial charge >= 0.3 is 0 Å². The van der Waals surface area contributed by atoms with Gasteiger partial charge in [0, 0.05) is 13.2 Å². The molecule has 0 radical (unpaired) electrons. The second kappa shape index (κ2) is 28.1. The number of carbonyl (C=O) groups excluding carboxylic acids is 2. The molecule has 0 bridgehead atoms. The lowest BCUT2D eigenvalue weighted by Crippen LogP contribution is -1.85. The molecular weight excluding hydrogens is 408 g/mol. The number of aliphatic imine (C=N–C) groups is 2. The first-order valence-corrected chi connectivity index (χ1v) is 10.6. The van der Waals surface area contributed by atoms with Crippen LogP contribution in [0.2, 0.25) is 0 Å². The number of unbranched alkanes of at least 4 members (excludes halogenated alkanes) is 1. The van der Waals surface area contributed by atoms with Gasteiger partial charge in [0.15, 0.2) is 0 Å². The van der Waals surface area contributed by atoms with Crippen molar-refractivity contribution in [3.8, 4) is 0 Å². The Kier molecular flexibility index (Phi) is 27.4. The van der Waals surface area contributed by atoms with E-state index in [2.05, 4.69) is 70.6 Å². The van der Waals surface area contributed by atoms with Crippen LogP contribution in [0.15, 0.2) is 70.6 Å². The number of hydrogen-bond donors (Lipinski definition) is 2. The standard InChI is InChI=1S/C13H12.C6H8N2O2.C4H10O.C2H6O2/c1-3-7-12(8-4-1)11-13-9-5-2-6-10-13;9-5-7-3-1-2-4-8-6-10;1-3-5-4-2;3-1-2-4/h1-10H,11H2;1-4H2;3-4H2,1-2H3;3-4H,1-2H2. The summed E-state index contributed by atoms with van der Waals surface area (Å²) in [5, 5.41) is 15.2. The first-order chi connectivity index (χ1) is 15.7. The van der Waals surface area contributed by atoms with Gasteiger partial charge in [-0.15, -0.1) is 0 Å². The molecule has 0 atom stereocenters. The molecule has 0 saturated carbocycles. The molecule has 0 aromatic heterocycles. The molecule has 176 valence electrons. The molecule has 2 aromatic rings. The van der Waals surface area contributed by atoms with Crippen molar-refractivity contribution in [2.45, 2.75) is 33.1 Å². The Balaban J connectivity index is 0. The number of benzene rings is 2. The molecule has 0 aliphatic rings. The van der Waals surface area contributed by atoms with E-state index >= 15 is 0 Å². The SMILES string of the molecule is CCOCC.O=C=NCCCCN=C=O.OCCO.c1ccc(Cc2ccccc2)cc1. The van der Waals surface area contributed by atoms with Crippen LogP contribution in [0.3, 0.4) is 0 Å². The summed E-state index contributed by atoms with van der Waals surface area (Å²) in [5.41, 5.74) is 2.74. The molecule has 0 aliphatic heterocycles. The zero-order valence-corrected chi connectivity index (χ0v) is 19.2. The van der Waals surface area contributed by atoms with E-state index in [1.165, 1.54) is 23.3 Å². The quantitative estimate of drug-likeness (QED) is 0.330. The van der Waals surface area contributed by atoms with Gasteiger partial charge < -0.3 is 14.9 Å². The summed E-state index contributed by atoms with van der Waals surface area (Å²) in [5.74, 6) is 0. The van der Waals surface area contributed by atoms with Crippen LogP contribution in [0.25, 0.3) is 0 Å². The number of ether oxygens (including phenoxy) is 1. The maximum absolute atomic E-state index is 9.52. The molecule has 2 aromatic carbocycles. The molecule has 0 saturated heterocycles. The summed E-state index contributed by atoms with van der Waals surface area (Å²) >= 11 is 0. The van der Waals surface area contributed by atoms with Crippen molar-refractivity contribution in [2.24, 2.45) is 9.98 Å². The van der Waals surface area contributed by atoms with Gasteiger partial charge in [0.05, 0.1) is 26.3 Å². The van der Waals surface area contributed by atoms with Crippen molar-refractivity contribution >= 4 is 12.2 Å². The Morgan fingerprint density at radius 1 is 0.719 bits per heavy atom. The van der Waals surface area contributed by atoms with Gasteiger partial charge in [0.2, 0.25) is 12.2 Å². The van der Waals surface area contributed by atoms with Gasteiger partial charge in [-0.25, -0.2) is 19.6 Å². The minimum absolute atomic E-state index is 0.125. The van der Waals surface area contributed by atoms with Crippen molar-refractivity contribution < 1.29 is 24.5 Å². The number of aliphatic hydroxyl groups excluding tert-OH is 2. The number of hydrogen-bond acceptors (Lipinski definition) is 7. The lowest BCUT2D eigenvalue weighted by Gasteiger charge is -2.00. The highest BCUT2D eigenvalue weighted by Crippen LogP contribution is 2.07. The summed E-state index contributed by atoms with van der Waals surface area (Å²) in [6, 6.07) is 21.1. The van der Waals surface area contributed by atoms with Crippen molar-refractivity contribution in [1.29, 1.82) is 0 Å². The van der Waals surface area contributed by atoms with Crippen molar-refractivity contribution in [3.63, 3.8) is 0 Å². The number of rotatable bonds is 10. The highest BCUT2D eigenvalue weighted by atomic mass is 16.5. The van der Waals surface area contributed by atoms with E-state index in [0.29, 0.717) is 13.1 Å². The third-order valence-corrected chi connectivity index (χ3v) is 3.52. The Labute approximate surface area is 191 Å². The molecule has 0 amide bonds. The van der Waals surface area contributed by atoms with Gasteiger partial charge in [0.1, 0.15) is 0 Å². The van der Waals surface area contributed by atoms with Gasteiger partial charge in [-0.2, -0.15) is 0 Å². The maximum Gasteiger partial charge on any atom is 0.234 e. The Morgan fingerprint density at radius 3 is 1.34 bits per heavy atom. The molecule has 0 aliphatic carbocycles. The van der Waals surface area contributed by atoms with Crippen molar-refractivity contribution in [1.82, 2.24) is 0 Å². The summed E-state index contributed by atoms with van der Waals surface area (Å²) in [7, 11) is 0. The Morgan fingerprint density at radius 2 is 1.09 bits per heavy atom. The second-order valence-corrected chi connectivity index (χ2v) is 6.03. The van der Waals surface area contributed by atoms with E-state index in [1.54, 1.807) is 0 Å². The highest BCUT2D eigenvalue weighted by molar-refractivity contribution is 5.33. The van der Waals surface area contributed by atoms with Crippen LogP contribution in [-0.4, -0.2) is 61.9 Å². The van der Waals surface area contributed by atoms with E-state index in [-0.39, 0.29) is 13.2 Å². The van der Waals surface area contributed by atoms with E-state index in [0.717, 1.165) is 32.5 Å². The average Bonchev–Trinajstić information content (AvgIpc) is 2.84. The van der Waals surface area contributed by atoms with Gasteiger partial charge in [-0.05, 0) is 44.2 Å². The first-order valence-electron chi connectivity index (χ1n) is 10.6. The van der Waals surface area contributed by atoms with Gasteiger partial charge in [-0.1, -0.05) is 60.7 Å². The minimum atomic E-state index is -0.125. The fourth-order valence-corrected chi connectivity index (χ4v) is 2.10. The number of isocyanates is 2. The Hall–Kier alpha value is -2.92. The average molecular weight is 445 g/mol. The van der Waals surface area contributed by atoms with Gasteiger partial charge in [0.25, 0.3) is 0 Å². The van der Waals surface area contributed by atoms with Crippen LogP contribution < -0.4 is 0 Å². The Bertz CT molecular complexity index is 652. The molecular formula is C25H36N2O5. The molecule has 32 heavy (non-hydrogen) atoms. The second-order valence-electron chi connectivity index (χ2n) is 6.03. The van der Waals surface area contributed by atoms with Crippen LogP contribution in [0.1, 0.15) is 37.8 Å². The smallest absolute Gasteiger partial charge is 0.234 e. The van der Waals surface area contributed by atoms with Crippen LogP contribution in [0.5, 0.6) is 0 Å².